The van der Waals surface area contributed by atoms with Gasteiger partial charge in [0.15, 0.2) is 0 Å². The number of hydrogen-bond donors (Lipinski definition) is 0. The molecule has 0 N–H and O–H groups in total. The highest BCUT2D eigenvalue weighted by Crippen LogP contribution is 2.62. The van der Waals surface area contributed by atoms with Gasteiger partial charge in [-0.3, -0.25) is 4.79 Å². The predicted octanol–water partition coefficient (Wildman–Crippen LogP) is 3.65. The van der Waals surface area contributed by atoms with E-state index in [9.17, 15) is 4.79 Å². The van der Waals surface area contributed by atoms with Crippen LogP contribution in [0.4, 0.5) is 0 Å². The van der Waals surface area contributed by atoms with Crippen LogP contribution in [-0.2, 0) is 4.79 Å². The van der Waals surface area contributed by atoms with Crippen molar-refractivity contribution in [1.82, 2.24) is 0 Å². The van der Waals surface area contributed by atoms with Gasteiger partial charge in [-0.1, -0.05) is 41.5 Å². The van der Waals surface area contributed by atoms with E-state index >= 15 is 0 Å². The first-order chi connectivity index (χ1) is 6.93. The molecular formula is C13H23OP. The number of carbonyl (C=O) groups excluding carboxylic acids is 1. The van der Waals surface area contributed by atoms with Crippen LogP contribution in [-0.4, -0.2) is 23.3 Å². The smallest absolute Gasteiger partial charge is 0.137 e. The van der Waals surface area contributed by atoms with Gasteiger partial charge in [0.1, 0.15) is 5.78 Å². The summed E-state index contributed by atoms with van der Waals surface area (Å²) >= 11 is 0. The molecule has 2 fully saturated rings. The molecule has 1 heterocycles. The van der Waals surface area contributed by atoms with E-state index < -0.39 is 0 Å². The van der Waals surface area contributed by atoms with Crippen molar-refractivity contribution in [3.63, 3.8) is 0 Å². The zero-order chi connectivity index (χ0) is 11.2. The second-order valence-electron chi connectivity index (χ2n) is 6.07. The third kappa shape index (κ3) is 1.88. The molecule has 4 atom stereocenters. The predicted molar refractivity (Wildman–Crippen MR) is 66.8 cm³/mol. The molecule has 4 unspecified atom stereocenters. The number of hydrogen-bond acceptors (Lipinski definition) is 1. The van der Waals surface area contributed by atoms with Gasteiger partial charge in [-0.2, -0.15) is 0 Å². The molecule has 0 amide bonds. The second kappa shape index (κ2) is 3.84. The van der Waals surface area contributed by atoms with Crippen LogP contribution >= 0.6 is 7.92 Å². The zero-order valence-corrected chi connectivity index (χ0v) is 11.3. The van der Waals surface area contributed by atoms with Crippen molar-refractivity contribution in [1.29, 1.82) is 0 Å². The maximum absolute atomic E-state index is 12.1. The van der Waals surface area contributed by atoms with Gasteiger partial charge in [0.25, 0.3) is 0 Å². The van der Waals surface area contributed by atoms with E-state index in [2.05, 4.69) is 27.4 Å². The van der Waals surface area contributed by atoms with Gasteiger partial charge in [-0.25, -0.2) is 0 Å². The summed E-state index contributed by atoms with van der Waals surface area (Å²) < 4.78 is 0. The Bertz CT molecular complexity index is 272. The lowest BCUT2D eigenvalue weighted by atomic mass is 9.77. The van der Waals surface area contributed by atoms with Gasteiger partial charge in [0.2, 0.25) is 0 Å². The number of fused-ring (bicyclic) bond motifs is 1. The maximum atomic E-state index is 12.1. The molecule has 0 aromatic rings. The minimum absolute atomic E-state index is 0.0209. The molecule has 2 aliphatic rings. The Kier molecular flexibility index (Phi) is 2.97. The average Bonchev–Trinajstić information content (AvgIpc) is 2.14. The monoisotopic (exact) mass is 226 g/mol. The maximum Gasteiger partial charge on any atom is 0.137 e. The summed E-state index contributed by atoms with van der Waals surface area (Å²) in [5.74, 6) is 1.78. The van der Waals surface area contributed by atoms with Crippen LogP contribution in [0.5, 0.6) is 0 Å². The lowest BCUT2D eigenvalue weighted by Gasteiger charge is -2.50. The number of ketones is 1. The van der Waals surface area contributed by atoms with E-state index in [0.717, 1.165) is 18.0 Å². The molecule has 0 aromatic carbocycles. The first kappa shape index (κ1) is 11.6. The molecule has 86 valence electrons. The first-order valence-electron chi connectivity index (χ1n) is 6.19. The standard InChI is InChI=1S/C13H23OP/c1-9-6-5-7-10-11(14)8-13(2,3)15(4)12(9)10/h9-10,12H,5-8H2,1-4H3. The van der Waals surface area contributed by atoms with Gasteiger partial charge in [-0.05, 0) is 29.8 Å². The summed E-state index contributed by atoms with van der Waals surface area (Å²) in [7, 11) is 0.0209. The fraction of sp³-hybridized carbons (Fsp3) is 0.923. The molecule has 2 heteroatoms. The number of Topliss-reactive ketones (excluding diaryl/α,β-unsaturated/α-hetero) is 1. The summed E-state index contributed by atoms with van der Waals surface area (Å²) in [4.78, 5) is 12.1. The Balaban J connectivity index is 2.28. The van der Waals surface area contributed by atoms with Gasteiger partial charge >= 0.3 is 0 Å². The normalized spacial score (nSPS) is 44.9. The molecule has 2 rings (SSSR count). The molecule has 0 aromatic heterocycles. The van der Waals surface area contributed by atoms with Crippen molar-refractivity contribution in [2.75, 3.05) is 6.66 Å². The molecule has 15 heavy (non-hydrogen) atoms. The Morgan fingerprint density at radius 2 is 2.00 bits per heavy atom. The van der Waals surface area contributed by atoms with E-state index in [-0.39, 0.29) is 7.92 Å². The number of carbonyl (C=O) groups is 1. The van der Waals surface area contributed by atoms with E-state index in [0.29, 0.717) is 16.9 Å². The van der Waals surface area contributed by atoms with Crippen molar-refractivity contribution in [3.8, 4) is 0 Å². The lowest BCUT2D eigenvalue weighted by molar-refractivity contribution is -0.125. The fourth-order valence-electron chi connectivity index (χ4n) is 3.49. The van der Waals surface area contributed by atoms with Gasteiger partial charge < -0.3 is 0 Å². The molecule has 1 aliphatic heterocycles. The van der Waals surface area contributed by atoms with E-state index in [1.165, 1.54) is 19.3 Å². The molecule has 1 saturated carbocycles. The van der Waals surface area contributed by atoms with Crippen LogP contribution in [0, 0.1) is 11.8 Å². The molecule has 1 saturated heterocycles. The fourth-order valence-corrected chi connectivity index (χ4v) is 6.47. The average molecular weight is 226 g/mol. The van der Waals surface area contributed by atoms with Crippen LogP contribution in [0.3, 0.4) is 0 Å². The Hall–Kier alpha value is 0.100. The first-order valence-corrected chi connectivity index (χ1v) is 8.05. The van der Waals surface area contributed by atoms with Crippen molar-refractivity contribution in [2.45, 2.75) is 57.3 Å². The van der Waals surface area contributed by atoms with Crippen LogP contribution in [0.15, 0.2) is 0 Å². The van der Waals surface area contributed by atoms with Gasteiger partial charge in [-0.15, -0.1) is 0 Å². The SMILES string of the molecule is CC1CCCC2C(=O)CC(C)(C)P(C)C12. The topological polar surface area (TPSA) is 17.1 Å². The molecule has 1 nitrogen and oxygen atoms in total. The van der Waals surface area contributed by atoms with Crippen LogP contribution in [0.25, 0.3) is 0 Å². The number of rotatable bonds is 0. The lowest BCUT2D eigenvalue weighted by Crippen LogP contribution is -2.46. The zero-order valence-electron chi connectivity index (χ0n) is 10.4. The quantitative estimate of drug-likeness (QED) is 0.576. The summed E-state index contributed by atoms with van der Waals surface area (Å²) in [5, 5.41) is 0.291. The summed E-state index contributed by atoms with van der Waals surface area (Å²) in [6.45, 7) is 9.40. The van der Waals surface area contributed by atoms with E-state index in [1.54, 1.807) is 0 Å². The van der Waals surface area contributed by atoms with Gasteiger partial charge in [0.05, 0.1) is 0 Å². The second-order valence-corrected chi connectivity index (χ2v) is 9.10. The highest BCUT2D eigenvalue weighted by Gasteiger charge is 2.48. The molecular weight excluding hydrogens is 203 g/mol. The Morgan fingerprint density at radius 1 is 1.33 bits per heavy atom. The largest absolute Gasteiger partial charge is 0.299 e. The van der Waals surface area contributed by atoms with E-state index in [1.807, 2.05) is 0 Å². The summed E-state index contributed by atoms with van der Waals surface area (Å²) in [6, 6.07) is 0. The van der Waals surface area contributed by atoms with Crippen LogP contribution in [0.2, 0.25) is 0 Å². The highest BCUT2D eigenvalue weighted by atomic mass is 31.1. The van der Waals surface area contributed by atoms with Crippen molar-refractivity contribution in [2.24, 2.45) is 11.8 Å². The summed E-state index contributed by atoms with van der Waals surface area (Å²) in [6.07, 6.45) is 4.63. The van der Waals surface area contributed by atoms with Crippen molar-refractivity contribution < 1.29 is 4.79 Å². The Labute approximate surface area is 94.8 Å². The molecule has 0 bridgehead atoms. The highest BCUT2D eigenvalue weighted by molar-refractivity contribution is 7.59. The third-order valence-electron chi connectivity index (χ3n) is 4.59. The molecule has 0 spiro atoms. The van der Waals surface area contributed by atoms with Crippen LogP contribution < -0.4 is 0 Å². The van der Waals surface area contributed by atoms with Crippen molar-refractivity contribution >= 4 is 13.7 Å². The minimum atomic E-state index is 0.0209. The summed E-state index contributed by atoms with van der Waals surface area (Å²) in [5.41, 5.74) is 0.727. The van der Waals surface area contributed by atoms with Gasteiger partial charge in [0, 0.05) is 12.3 Å². The van der Waals surface area contributed by atoms with Crippen LogP contribution in [0.1, 0.15) is 46.5 Å². The minimum Gasteiger partial charge on any atom is -0.299 e. The van der Waals surface area contributed by atoms with E-state index in [4.69, 9.17) is 0 Å². The third-order valence-corrected chi connectivity index (χ3v) is 8.42. The molecule has 1 aliphatic carbocycles. The van der Waals surface area contributed by atoms with Crippen molar-refractivity contribution in [3.05, 3.63) is 0 Å². The molecule has 0 radical (unpaired) electrons. The Morgan fingerprint density at radius 3 is 2.67 bits per heavy atom.